The third-order valence-corrected chi connectivity index (χ3v) is 3.52. The summed E-state index contributed by atoms with van der Waals surface area (Å²) in [5, 5.41) is 9.91. The Hall–Kier alpha value is -1.84. The van der Waals surface area contributed by atoms with Crippen LogP contribution in [0.1, 0.15) is 16.7 Å². The Bertz CT molecular complexity index is 611. The Kier molecular flexibility index (Phi) is 5.37. The number of benzene rings is 2. The van der Waals surface area contributed by atoms with Crippen LogP contribution in [0.25, 0.3) is 0 Å². The van der Waals surface area contributed by atoms with Crippen LogP contribution in [0, 0.1) is 6.92 Å². The molecule has 0 amide bonds. The van der Waals surface area contributed by atoms with Crippen molar-refractivity contribution in [1.82, 2.24) is 0 Å². The average molecular weight is 305 g/mol. The number of carbonyl (C=O) groups is 1. The number of ether oxygens (including phenoxy) is 1. The van der Waals surface area contributed by atoms with Crippen molar-refractivity contribution in [2.45, 2.75) is 26.1 Å². The van der Waals surface area contributed by atoms with E-state index < -0.39 is 12.1 Å². The first kappa shape index (κ1) is 15.5. The van der Waals surface area contributed by atoms with Crippen molar-refractivity contribution in [3.63, 3.8) is 0 Å². The topological polar surface area (TPSA) is 46.5 Å². The van der Waals surface area contributed by atoms with Crippen molar-refractivity contribution >= 4 is 17.6 Å². The molecule has 0 bridgehead atoms. The van der Waals surface area contributed by atoms with E-state index in [4.69, 9.17) is 16.3 Å². The zero-order chi connectivity index (χ0) is 15.2. The molecule has 0 fully saturated rings. The molecule has 0 saturated carbocycles. The van der Waals surface area contributed by atoms with Gasteiger partial charge in [0.05, 0.1) is 6.61 Å². The second-order valence-corrected chi connectivity index (χ2v) is 5.33. The minimum atomic E-state index is -0.967. The lowest BCUT2D eigenvalue weighted by Crippen LogP contribution is -2.26. The molecule has 0 unspecified atom stereocenters. The Morgan fingerprint density at radius 1 is 1.24 bits per heavy atom. The van der Waals surface area contributed by atoms with Gasteiger partial charge in [-0.15, -0.1) is 0 Å². The van der Waals surface area contributed by atoms with Gasteiger partial charge in [0.15, 0.2) is 6.10 Å². The molecule has 0 aromatic heterocycles. The second kappa shape index (κ2) is 7.25. The van der Waals surface area contributed by atoms with E-state index in [1.165, 1.54) is 0 Å². The summed E-state index contributed by atoms with van der Waals surface area (Å²) in [5.74, 6) is -0.967. The van der Waals surface area contributed by atoms with Crippen molar-refractivity contribution < 1.29 is 14.6 Å². The molecule has 1 N–H and O–H groups in total. The van der Waals surface area contributed by atoms with E-state index in [9.17, 15) is 9.90 Å². The number of hydrogen-bond acceptors (Lipinski definition) is 2. The van der Waals surface area contributed by atoms with E-state index >= 15 is 0 Å². The van der Waals surface area contributed by atoms with Crippen molar-refractivity contribution in [1.29, 1.82) is 0 Å². The van der Waals surface area contributed by atoms with Gasteiger partial charge in [0.1, 0.15) is 0 Å². The first-order chi connectivity index (χ1) is 10.1. The maximum Gasteiger partial charge on any atom is 0.333 e. The first-order valence-corrected chi connectivity index (χ1v) is 7.07. The molecule has 2 aromatic rings. The third-order valence-electron chi connectivity index (χ3n) is 3.29. The van der Waals surface area contributed by atoms with Crippen molar-refractivity contribution in [2.24, 2.45) is 0 Å². The Morgan fingerprint density at radius 3 is 2.62 bits per heavy atom. The second-order valence-electron chi connectivity index (χ2n) is 4.90. The van der Waals surface area contributed by atoms with E-state index in [2.05, 4.69) is 0 Å². The quantitative estimate of drug-likeness (QED) is 0.881. The molecule has 21 heavy (non-hydrogen) atoms. The monoisotopic (exact) mass is 304 g/mol. The van der Waals surface area contributed by atoms with Gasteiger partial charge >= 0.3 is 5.97 Å². The van der Waals surface area contributed by atoms with Crippen molar-refractivity contribution in [3.05, 3.63) is 70.2 Å². The average Bonchev–Trinajstić information content (AvgIpc) is 2.47. The van der Waals surface area contributed by atoms with Gasteiger partial charge in [-0.1, -0.05) is 48.0 Å². The van der Waals surface area contributed by atoms with Crippen LogP contribution in [0.2, 0.25) is 5.02 Å². The summed E-state index contributed by atoms with van der Waals surface area (Å²) in [5.41, 5.74) is 2.85. The molecule has 0 saturated heterocycles. The maximum absolute atomic E-state index is 11.4. The van der Waals surface area contributed by atoms with Crippen LogP contribution in [0.15, 0.2) is 48.5 Å². The number of rotatable bonds is 6. The summed E-state index contributed by atoms with van der Waals surface area (Å²) in [4.78, 5) is 11.4. The van der Waals surface area contributed by atoms with Crippen LogP contribution in [0.4, 0.5) is 0 Å². The SMILES string of the molecule is Cc1ccc(Cl)cc1C[C@H](OCc1ccccc1)C(=O)O. The van der Waals surface area contributed by atoms with E-state index in [-0.39, 0.29) is 6.61 Å². The molecule has 0 aliphatic heterocycles. The largest absolute Gasteiger partial charge is 0.479 e. The lowest BCUT2D eigenvalue weighted by molar-refractivity contribution is -0.151. The van der Waals surface area contributed by atoms with Crippen LogP contribution in [-0.4, -0.2) is 17.2 Å². The molecule has 0 heterocycles. The summed E-state index contributed by atoms with van der Waals surface area (Å²) in [6, 6.07) is 15.0. The van der Waals surface area contributed by atoms with Gasteiger partial charge in [0.2, 0.25) is 0 Å². The number of carboxylic acid groups (broad SMARTS) is 1. The zero-order valence-corrected chi connectivity index (χ0v) is 12.5. The van der Waals surface area contributed by atoms with Crippen molar-refractivity contribution in [2.75, 3.05) is 0 Å². The molecule has 1 atom stereocenters. The molecular weight excluding hydrogens is 288 g/mol. The highest BCUT2D eigenvalue weighted by molar-refractivity contribution is 6.30. The molecule has 3 nitrogen and oxygen atoms in total. The lowest BCUT2D eigenvalue weighted by atomic mass is 10.0. The van der Waals surface area contributed by atoms with Gasteiger partial charge in [-0.3, -0.25) is 0 Å². The maximum atomic E-state index is 11.4. The Balaban J connectivity index is 2.05. The third kappa shape index (κ3) is 4.59. The Labute approximate surface area is 129 Å². The summed E-state index contributed by atoms with van der Waals surface area (Å²) >= 11 is 5.96. The zero-order valence-electron chi connectivity index (χ0n) is 11.8. The fourth-order valence-corrected chi connectivity index (χ4v) is 2.24. The van der Waals surface area contributed by atoms with Crippen LogP contribution >= 0.6 is 11.6 Å². The highest BCUT2D eigenvalue weighted by Gasteiger charge is 2.19. The number of aliphatic carboxylic acids is 1. The normalized spacial score (nSPS) is 12.1. The first-order valence-electron chi connectivity index (χ1n) is 6.69. The fraction of sp³-hybridized carbons (Fsp3) is 0.235. The number of aryl methyl sites for hydroxylation is 1. The van der Waals surface area contributed by atoms with Crippen LogP contribution in [0.5, 0.6) is 0 Å². The van der Waals surface area contributed by atoms with E-state index in [0.717, 1.165) is 16.7 Å². The highest BCUT2D eigenvalue weighted by Crippen LogP contribution is 2.18. The molecule has 0 aliphatic carbocycles. The van der Waals surface area contributed by atoms with Crippen LogP contribution in [-0.2, 0) is 22.6 Å². The summed E-state index contributed by atoms with van der Waals surface area (Å²) in [7, 11) is 0. The molecule has 110 valence electrons. The van der Waals surface area contributed by atoms with E-state index in [0.29, 0.717) is 11.4 Å². The van der Waals surface area contributed by atoms with Crippen LogP contribution < -0.4 is 0 Å². The molecule has 4 heteroatoms. The fourth-order valence-electron chi connectivity index (χ4n) is 2.05. The van der Waals surface area contributed by atoms with E-state index in [1.54, 1.807) is 12.1 Å². The highest BCUT2D eigenvalue weighted by atomic mass is 35.5. The smallest absolute Gasteiger partial charge is 0.333 e. The molecule has 2 aromatic carbocycles. The molecule has 0 aliphatic rings. The predicted molar refractivity (Wildman–Crippen MR) is 82.5 cm³/mol. The van der Waals surface area contributed by atoms with Gasteiger partial charge < -0.3 is 9.84 Å². The van der Waals surface area contributed by atoms with Crippen molar-refractivity contribution in [3.8, 4) is 0 Å². The molecule has 0 spiro atoms. The standard InChI is InChI=1S/C17H17ClO3/c1-12-7-8-15(18)9-14(12)10-16(17(19)20)21-11-13-5-3-2-4-6-13/h2-9,16H,10-11H2,1H3,(H,19,20)/t16-/m0/s1. The molecule has 2 rings (SSSR count). The van der Waals surface area contributed by atoms with Crippen LogP contribution in [0.3, 0.4) is 0 Å². The van der Waals surface area contributed by atoms with Gasteiger partial charge in [0.25, 0.3) is 0 Å². The van der Waals surface area contributed by atoms with Gasteiger partial charge in [-0.2, -0.15) is 0 Å². The molecule has 0 radical (unpaired) electrons. The van der Waals surface area contributed by atoms with Gasteiger partial charge in [0, 0.05) is 11.4 Å². The summed E-state index contributed by atoms with van der Waals surface area (Å²) in [6.07, 6.45) is -0.587. The minimum absolute atomic E-state index is 0.275. The minimum Gasteiger partial charge on any atom is -0.479 e. The number of hydrogen-bond donors (Lipinski definition) is 1. The number of halogens is 1. The molecular formula is C17H17ClO3. The van der Waals surface area contributed by atoms with Gasteiger partial charge in [-0.05, 0) is 35.7 Å². The Morgan fingerprint density at radius 2 is 1.95 bits per heavy atom. The lowest BCUT2D eigenvalue weighted by Gasteiger charge is -2.15. The summed E-state index contributed by atoms with van der Waals surface area (Å²) < 4.78 is 5.55. The predicted octanol–water partition coefficient (Wildman–Crippen LogP) is 3.86. The number of carboxylic acids is 1. The van der Waals surface area contributed by atoms with Gasteiger partial charge in [-0.25, -0.2) is 4.79 Å². The summed E-state index contributed by atoms with van der Waals surface area (Å²) in [6.45, 7) is 2.21. The van der Waals surface area contributed by atoms with E-state index in [1.807, 2.05) is 43.3 Å².